The normalized spacial score (nSPS) is 14.5. The van der Waals surface area contributed by atoms with Gasteiger partial charge in [-0.2, -0.15) is 4.31 Å². The van der Waals surface area contributed by atoms with Crippen molar-refractivity contribution in [3.05, 3.63) is 71.6 Å². The predicted molar refractivity (Wildman–Crippen MR) is 118 cm³/mol. The van der Waals surface area contributed by atoms with Gasteiger partial charge in [-0.25, -0.2) is 8.42 Å². The Kier molecular flexibility index (Phi) is 6.17. The van der Waals surface area contributed by atoms with Crippen LogP contribution in [0.4, 0.5) is 5.69 Å². The number of hydrogen-bond donors (Lipinski definition) is 1. The van der Waals surface area contributed by atoms with E-state index >= 15 is 0 Å². The van der Waals surface area contributed by atoms with Crippen molar-refractivity contribution in [3.63, 3.8) is 0 Å². The van der Waals surface area contributed by atoms with Crippen LogP contribution in [0.15, 0.2) is 70.9 Å². The number of para-hydroxylation sites is 3. The molecule has 0 unspecified atom stereocenters. The first-order valence-corrected chi connectivity index (χ1v) is 12.0. The number of hydrogen-bond acceptors (Lipinski definition) is 5. The summed E-state index contributed by atoms with van der Waals surface area (Å²) in [6.07, 6.45) is 1.88. The largest absolute Gasteiger partial charge is 0.455 e. The van der Waals surface area contributed by atoms with Gasteiger partial charge in [0.15, 0.2) is 5.75 Å². The van der Waals surface area contributed by atoms with Crippen LogP contribution in [0.2, 0.25) is 0 Å². The number of anilines is 1. The minimum Gasteiger partial charge on any atom is -0.455 e. The molecule has 30 heavy (non-hydrogen) atoms. The summed E-state index contributed by atoms with van der Waals surface area (Å²) < 4.78 is 33.0. The summed E-state index contributed by atoms with van der Waals surface area (Å²) in [7, 11) is -3.45. The van der Waals surface area contributed by atoms with Crippen LogP contribution in [-0.4, -0.2) is 31.7 Å². The Balaban J connectivity index is 1.43. The van der Waals surface area contributed by atoms with E-state index in [-0.39, 0.29) is 12.3 Å². The summed E-state index contributed by atoms with van der Waals surface area (Å²) in [5, 5.41) is 2.87. The molecular weight excluding hydrogens is 420 g/mol. The van der Waals surface area contributed by atoms with E-state index in [0.29, 0.717) is 39.4 Å². The summed E-state index contributed by atoms with van der Waals surface area (Å²) in [6.45, 7) is 1.13. The maximum Gasteiger partial charge on any atom is 0.252 e. The van der Waals surface area contributed by atoms with Crippen molar-refractivity contribution in [2.75, 3.05) is 18.4 Å². The Morgan fingerprint density at radius 2 is 1.67 bits per heavy atom. The molecule has 0 spiro atoms. The van der Waals surface area contributed by atoms with Gasteiger partial charge in [0.1, 0.15) is 9.96 Å². The zero-order valence-electron chi connectivity index (χ0n) is 16.3. The van der Waals surface area contributed by atoms with E-state index in [1.807, 2.05) is 42.5 Å². The lowest BCUT2D eigenvalue weighted by atomic mass is 10.2. The van der Waals surface area contributed by atoms with Gasteiger partial charge in [0.2, 0.25) is 5.91 Å². The van der Waals surface area contributed by atoms with Crippen molar-refractivity contribution in [1.29, 1.82) is 0 Å². The van der Waals surface area contributed by atoms with Crippen molar-refractivity contribution in [1.82, 2.24) is 4.31 Å². The molecule has 1 fully saturated rings. The molecule has 6 nitrogen and oxygen atoms in total. The predicted octanol–water partition coefficient (Wildman–Crippen LogP) is 4.51. The molecule has 2 aromatic carbocycles. The highest BCUT2D eigenvalue weighted by atomic mass is 32.2. The van der Waals surface area contributed by atoms with E-state index in [1.54, 1.807) is 24.3 Å². The zero-order chi connectivity index (χ0) is 21.0. The Hall–Kier alpha value is -2.68. The van der Waals surface area contributed by atoms with Crippen LogP contribution >= 0.6 is 11.3 Å². The second-order valence-corrected chi connectivity index (χ2v) is 10.3. The molecule has 0 atom stereocenters. The van der Waals surface area contributed by atoms with Crippen LogP contribution < -0.4 is 10.1 Å². The van der Waals surface area contributed by atoms with E-state index in [0.717, 1.165) is 24.2 Å². The first-order valence-electron chi connectivity index (χ1n) is 9.73. The third-order valence-electron chi connectivity index (χ3n) is 4.76. The van der Waals surface area contributed by atoms with Crippen LogP contribution in [-0.2, 0) is 21.2 Å². The van der Waals surface area contributed by atoms with Crippen LogP contribution in [0.5, 0.6) is 11.5 Å². The van der Waals surface area contributed by atoms with Crippen LogP contribution in [0.1, 0.15) is 17.7 Å². The van der Waals surface area contributed by atoms with Crippen molar-refractivity contribution in [2.24, 2.45) is 0 Å². The van der Waals surface area contributed by atoms with Crippen molar-refractivity contribution in [3.8, 4) is 11.5 Å². The lowest BCUT2D eigenvalue weighted by molar-refractivity contribution is -0.115. The number of rotatable bonds is 7. The van der Waals surface area contributed by atoms with E-state index in [2.05, 4.69) is 5.32 Å². The van der Waals surface area contributed by atoms with Crippen LogP contribution in [0.3, 0.4) is 0 Å². The third kappa shape index (κ3) is 4.72. The lowest BCUT2D eigenvalue weighted by Gasteiger charge is -2.13. The quantitative estimate of drug-likeness (QED) is 0.584. The van der Waals surface area contributed by atoms with Crippen molar-refractivity contribution in [2.45, 2.75) is 23.5 Å². The smallest absolute Gasteiger partial charge is 0.252 e. The van der Waals surface area contributed by atoms with Gasteiger partial charge in [-0.05, 0) is 49.2 Å². The first kappa shape index (κ1) is 20.6. The number of thiophene rings is 1. The fourth-order valence-corrected chi connectivity index (χ4v) is 6.30. The van der Waals surface area contributed by atoms with Crippen LogP contribution in [0.25, 0.3) is 0 Å². The second-order valence-electron chi connectivity index (χ2n) is 6.97. The Labute approximate surface area is 180 Å². The average Bonchev–Trinajstić information content (AvgIpc) is 3.43. The summed E-state index contributed by atoms with van der Waals surface area (Å²) in [6, 6.07) is 19.8. The fourth-order valence-electron chi connectivity index (χ4n) is 3.27. The van der Waals surface area contributed by atoms with Gasteiger partial charge in [0.05, 0.1) is 12.1 Å². The molecule has 1 aromatic heterocycles. The molecule has 1 N–H and O–H groups in total. The Morgan fingerprint density at radius 3 is 2.43 bits per heavy atom. The van der Waals surface area contributed by atoms with Gasteiger partial charge >= 0.3 is 0 Å². The van der Waals surface area contributed by atoms with Crippen molar-refractivity contribution >= 4 is 33.0 Å². The molecule has 1 saturated heterocycles. The van der Waals surface area contributed by atoms with Gasteiger partial charge < -0.3 is 10.1 Å². The molecule has 1 aliphatic rings. The molecular formula is C22H22N2O4S2. The molecule has 0 bridgehead atoms. The summed E-state index contributed by atoms with van der Waals surface area (Å²) in [4.78, 5) is 13.3. The number of ether oxygens (including phenoxy) is 1. The van der Waals surface area contributed by atoms with Gasteiger partial charge in [-0.1, -0.05) is 30.3 Å². The number of amides is 1. The topological polar surface area (TPSA) is 75.7 Å². The number of carbonyl (C=O) groups excluding carboxylic acids is 1. The van der Waals surface area contributed by atoms with Gasteiger partial charge in [0, 0.05) is 18.0 Å². The van der Waals surface area contributed by atoms with Gasteiger partial charge in [-0.15, -0.1) is 11.3 Å². The van der Waals surface area contributed by atoms with Crippen LogP contribution in [0, 0.1) is 0 Å². The van der Waals surface area contributed by atoms with Gasteiger partial charge in [0.25, 0.3) is 10.0 Å². The highest BCUT2D eigenvalue weighted by molar-refractivity contribution is 7.91. The maximum atomic E-state index is 12.7. The highest BCUT2D eigenvalue weighted by Gasteiger charge is 2.28. The summed E-state index contributed by atoms with van der Waals surface area (Å²) in [5.41, 5.74) is 0.563. The molecule has 2 heterocycles. The summed E-state index contributed by atoms with van der Waals surface area (Å²) in [5.74, 6) is 0.987. The average molecular weight is 443 g/mol. The lowest BCUT2D eigenvalue weighted by Crippen LogP contribution is -2.27. The van der Waals surface area contributed by atoms with E-state index < -0.39 is 10.0 Å². The Bertz CT molecular complexity index is 1120. The molecule has 1 aliphatic heterocycles. The van der Waals surface area contributed by atoms with E-state index in [9.17, 15) is 13.2 Å². The molecule has 8 heteroatoms. The number of nitrogens with one attached hydrogen (secondary N) is 1. The molecule has 1 amide bonds. The minimum absolute atomic E-state index is 0.0971. The number of nitrogens with zero attached hydrogens (tertiary/aromatic N) is 1. The standard InChI is InChI=1S/C22H22N2O4S2/c25-21(16-18-12-13-22(29-18)30(26,27)24-14-6-7-15-24)23-19-10-4-5-11-20(19)28-17-8-2-1-3-9-17/h1-5,8-13H,6-7,14-16H2,(H,23,25). The minimum atomic E-state index is -3.45. The van der Waals surface area contributed by atoms with Crippen molar-refractivity contribution < 1.29 is 17.9 Å². The third-order valence-corrected chi connectivity index (χ3v) is 8.21. The SMILES string of the molecule is O=C(Cc1ccc(S(=O)(=O)N2CCCC2)s1)Nc1ccccc1Oc1ccccc1. The van der Waals surface area contributed by atoms with Gasteiger partial charge in [-0.3, -0.25) is 4.79 Å². The molecule has 4 rings (SSSR count). The second kappa shape index (κ2) is 8.99. The highest BCUT2D eigenvalue weighted by Crippen LogP contribution is 2.30. The molecule has 3 aromatic rings. The first-order chi connectivity index (χ1) is 14.5. The monoisotopic (exact) mass is 442 g/mol. The molecule has 0 saturated carbocycles. The Morgan fingerprint density at radius 1 is 0.967 bits per heavy atom. The zero-order valence-corrected chi connectivity index (χ0v) is 17.9. The number of carbonyl (C=O) groups is 1. The molecule has 0 radical (unpaired) electrons. The molecule has 156 valence electrons. The van der Waals surface area contributed by atoms with E-state index in [4.69, 9.17) is 4.74 Å². The van der Waals surface area contributed by atoms with E-state index in [1.165, 1.54) is 4.31 Å². The maximum absolute atomic E-state index is 12.7. The summed E-state index contributed by atoms with van der Waals surface area (Å²) >= 11 is 1.15. The molecule has 0 aliphatic carbocycles. The number of benzene rings is 2. The number of sulfonamides is 1. The fraction of sp³-hybridized carbons (Fsp3) is 0.227.